The van der Waals surface area contributed by atoms with Crippen molar-refractivity contribution in [3.63, 3.8) is 0 Å². The van der Waals surface area contributed by atoms with Gasteiger partial charge in [-0.1, -0.05) is 29.4 Å². The second-order valence-electron chi connectivity index (χ2n) is 7.22. The van der Waals surface area contributed by atoms with Gasteiger partial charge in [-0.05, 0) is 42.5 Å². The minimum Gasteiger partial charge on any atom is -0.376 e. The molecule has 0 N–H and O–H groups in total. The third kappa shape index (κ3) is 4.88. The topological polar surface area (TPSA) is 64.4 Å². The Bertz CT molecular complexity index is 1090. The van der Waals surface area contributed by atoms with E-state index >= 15 is 0 Å². The third-order valence-electron chi connectivity index (χ3n) is 5.02. The number of nitrogens with zero attached hydrogens (tertiary/aromatic N) is 3. The Hall–Kier alpha value is -1.87. The van der Waals surface area contributed by atoms with E-state index in [9.17, 15) is 9.59 Å². The van der Waals surface area contributed by atoms with Crippen LogP contribution in [-0.2, 0) is 22.6 Å². The predicted molar refractivity (Wildman–Crippen MR) is 122 cm³/mol. The maximum atomic E-state index is 13.2. The van der Waals surface area contributed by atoms with Crippen molar-refractivity contribution in [2.24, 2.45) is 0 Å². The number of ether oxygens (including phenoxy) is 1. The summed E-state index contributed by atoms with van der Waals surface area (Å²) in [5, 5.41) is 3.55. The molecule has 0 saturated carbocycles. The number of amides is 1. The van der Waals surface area contributed by atoms with E-state index in [1.165, 1.54) is 11.8 Å². The minimum atomic E-state index is -0.131. The molecule has 1 saturated heterocycles. The van der Waals surface area contributed by atoms with Gasteiger partial charge in [0.1, 0.15) is 0 Å². The second-order valence-corrected chi connectivity index (χ2v) is 9.64. The molecule has 0 bridgehead atoms. The van der Waals surface area contributed by atoms with E-state index in [1.54, 1.807) is 46.1 Å². The van der Waals surface area contributed by atoms with Crippen LogP contribution in [0.25, 0.3) is 10.9 Å². The van der Waals surface area contributed by atoms with Crippen LogP contribution < -0.4 is 5.56 Å². The molecule has 0 spiro atoms. The summed E-state index contributed by atoms with van der Waals surface area (Å²) in [6.45, 7) is 1.72. The molecule has 6 nitrogen and oxygen atoms in total. The first-order chi connectivity index (χ1) is 14.5. The quantitative estimate of drug-likeness (QED) is 0.391. The standard InChI is InChI=1S/C21H22ClN3O3S2/c1-24(12-16-5-3-9-29-16)19(26)13-30-21-23-18-10-14(22)6-7-17(18)20(27)25(21)11-15-4-2-8-28-15/h3,5-7,9-10,15H,2,4,8,11-13H2,1H3. The maximum Gasteiger partial charge on any atom is 0.262 e. The lowest BCUT2D eigenvalue weighted by atomic mass is 10.2. The molecule has 2 aromatic heterocycles. The van der Waals surface area contributed by atoms with E-state index in [2.05, 4.69) is 4.98 Å². The molecule has 1 aliphatic heterocycles. The Morgan fingerprint density at radius 3 is 3.03 bits per heavy atom. The van der Waals surface area contributed by atoms with Crippen molar-refractivity contribution < 1.29 is 9.53 Å². The zero-order chi connectivity index (χ0) is 21.1. The van der Waals surface area contributed by atoms with E-state index in [0.717, 1.165) is 17.7 Å². The van der Waals surface area contributed by atoms with Gasteiger partial charge in [-0.3, -0.25) is 14.2 Å². The van der Waals surface area contributed by atoms with E-state index < -0.39 is 0 Å². The second kappa shape index (κ2) is 9.51. The fourth-order valence-electron chi connectivity index (χ4n) is 3.40. The van der Waals surface area contributed by atoms with Crippen molar-refractivity contribution in [3.8, 4) is 0 Å². The molecule has 3 heterocycles. The molecule has 0 radical (unpaired) electrons. The number of carbonyl (C=O) groups is 1. The number of thiophene rings is 1. The van der Waals surface area contributed by atoms with Gasteiger partial charge in [0.2, 0.25) is 5.91 Å². The molecular formula is C21H22ClN3O3S2. The lowest BCUT2D eigenvalue weighted by molar-refractivity contribution is -0.127. The number of fused-ring (bicyclic) bond motifs is 1. The van der Waals surface area contributed by atoms with Crippen LogP contribution in [-0.4, -0.2) is 45.9 Å². The first kappa shape index (κ1) is 21.4. The molecular weight excluding hydrogens is 442 g/mol. The molecule has 9 heteroatoms. The Morgan fingerprint density at radius 1 is 1.43 bits per heavy atom. The lowest BCUT2D eigenvalue weighted by Gasteiger charge is -2.18. The molecule has 1 amide bonds. The highest BCUT2D eigenvalue weighted by atomic mass is 35.5. The molecule has 1 unspecified atom stereocenters. The van der Waals surface area contributed by atoms with Crippen LogP contribution in [0.5, 0.6) is 0 Å². The highest BCUT2D eigenvalue weighted by molar-refractivity contribution is 7.99. The minimum absolute atomic E-state index is 0.00851. The number of aromatic nitrogens is 2. The van der Waals surface area contributed by atoms with Crippen LogP contribution in [0.3, 0.4) is 0 Å². The zero-order valence-electron chi connectivity index (χ0n) is 16.5. The average molecular weight is 464 g/mol. The molecule has 4 rings (SSSR count). The molecule has 30 heavy (non-hydrogen) atoms. The van der Waals surface area contributed by atoms with Crippen molar-refractivity contribution in [3.05, 3.63) is 56.0 Å². The Kier molecular flexibility index (Phi) is 6.77. The fraction of sp³-hybridized carbons (Fsp3) is 0.381. The average Bonchev–Trinajstić information content (AvgIpc) is 3.42. The maximum absolute atomic E-state index is 13.2. The van der Waals surface area contributed by atoms with Crippen LogP contribution >= 0.6 is 34.7 Å². The van der Waals surface area contributed by atoms with Crippen molar-refractivity contribution in [1.82, 2.24) is 14.5 Å². The van der Waals surface area contributed by atoms with Gasteiger partial charge in [0.25, 0.3) is 5.56 Å². The first-order valence-electron chi connectivity index (χ1n) is 9.72. The van der Waals surface area contributed by atoms with Crippen molar-refractivity contribution in [1.29, 1.82) is 0 Å². The number of carbonyl (C=O) groups excluding carboxylic acids is 1. The molecule has 1 atom stereocenters. The zero-order valence-corrected chi connectivity index (χ0v) is 18.9. The van der Waals surface area contributed by atoms with Gasteiger partial charge in [0.15, 0.2) is 5.16 Å². The van der Waals surface area contributed by atoms with Crippen molar-refractivity contribution in [2.75, 3.05) is 19.4 Å². The van der Waals surface area contributed by atoms with Gasteiger partial charge < -0.3 is 9.64 Å². The summed E-state index contributed by atoms with van der Waals surface area (Å²) in [6, 6.07) is 9.06. The number of thioether (sulfide) groups is 1. The normalized spacial score (nSPS) is 16.3. The van der Waals surface area contributed by atoms with E-state index in [0.29, 0.717) is 40.8 Å². The Morgan fingerprint density at radius 2 is 2.30 bits per heavy atom. The summed E-state index contributed by atoms with van der Waals surface area (Å²) < 4.78 is 7.37. The molecule has 1 fully saturated rings. The van der Waals surface area contributed by atoms with Gasteiger partial charge in [-0.25, -0.2) is 4.98 Å². The van der Waals surface area contributed by atoms with Gasteiger partial charge in [0, 0.05) is 23.6 Å². The summed E-state index contributed by atoms with van der Waals surface area (Å²) in [5.74, 6) is 0.184. The number of hydrogen-bond donors (Lipinski definition) is 0. The molecule has 1 aromatic carbocycles. The highest BCUT2D eigenvalue weighted by Crippen LogP contribution is 2.23. The fourth-order valence-corrected chi connectivity index (χ4v) is 5.27. The van der Waals surface area contributed by atoms with Crippen LogP contribution in [0, 0.1) is 0 Å². The van der Waals surface area contributed by atoms with E-state index in [4.69, 9.17) is 16.3 Å². The number of rotatable bonds is 7. The highest BCUT2D eigenvalue weighted by Gasteiger charge is 2.21. The van der Waals surface area contributed by atoms with Gasteiger partial charge in [0.05, 0.1) is 35.8 Å². The van der Waals surface area contributed by atoms with Crippen LogP contribution in [0.1, 0.15) is 17.7 Å². The van der Waals surface area contributed by atoms with E-state index in [-0.39, 0.29) is 23.3 Å². The van der Waals surface area contributed by atoms with Crippen LogP contribution in [0.15, 0.2) is 45.7 Å². The predicted octanol–water partition coefficient (Wildman–Crippen LogP) is 4.04. The smallest absolute Gasteiger partial charge is 0.262 e. The van der Waals surface area contributed by atoms with Gasteiger partial charge in [-0.2, -0.15) is 0 Å². The summed E-state index contributed by atoms with van der Waals surface area (Å²) >= 11 is 9.00. The molecule has 0 aliphatic carbocycles. The number of hydrogen-bond acceptors (Lipinski definition) is 6. The molecule has 3 aromatic rings. The van der Waals surface area contributed by atoms with Crippen molar-refractivity contribution >= 4 is 51.5 Å². The molecule has 1 aliphatic rings. The van der Waals surface area contributed by atoms with Gasteiger partial charge >= 0.3 is 0 Å². The molecule has 158 valence electrons. The third-order valence-corrected chi connectivity index (χ3v) is 7.07. The summed E-state index contributed by atoms with van der Waals surface area (Å²) in [6.07, 6.45) is 1.90. The summed E-state index contributed by atoms with van der Waals surface area (Å²) in [7, 11) is 1.79. The summed E-state index contributed by atoms with van der Waals surface area (Å²) in [4.78, 5) is 33.3. The van der Waals surface area contributed by atoms with Crippen molar-refractivity contribution in [2.45, 2.75) is 37.2 Å². The van der Waals surface area contributed by atoms with Crippen LogP contribution in [0.4, 0.5) is 0 Å². The Balaban J connectivity index is 1.57. The first-order valence-corrected chi connectivity index (χ1v) is 12.0. The number of benzene rings is 1. The monoisotopic (exact) mass is 463 g/mol. The van der Waals surface area contributed by atoms with Crippen LogP contribution in [0.2, 0.25) is 5.02 Å². The number of halogens is 1. The van der Waals surface area contributed by atoms with Gasteiger partial charge in [-0.15, -0.1) is 11.3 Å². The SMILES string of the molecule is CN(Cc1cccs1)C(=O)CSc1nc2cc(Cl)ccc2c(=O)n1CC1CCCO1. The largest absolute Gasteiger partial charge is 0.376 e. The van der Waals surface area contributed by atoms with E-state index in [1.807, 2.05) is 17.5 Å². The Labute approximate surface area is 187 Å². The lowest BCUT2D eigenvalue weighted by Crippen LogP contribution is -2.30. The summed E-state index contributed by atoms with van der Waals surface area (Å²) in [5.41, 5.74) is 0.409.